The zero-order chi connectivity index (χ0) is 13.5. The van der Waals surface area contributed by atoms with Crippen LogP contribution in [0.5, 0.6) is 0 Å². The average molecular weight is 248 g/mol. The summed E-state index contributed by atoms with van der Waals surface area (Å²) in [5.74, 6) is -1.42. The normalized spacial score (nSPS) is 11.6. The molecule has 0 radical (unpaired) electrons. The minimum atomic E-state index is -1.07. The van der Waals surface area contributed by atoms with Gasteiger partial charge in [0.05, 0.1) is 12.1 Å². The molecule has 1 unspecified atom stereocenters. The average Bonchev–Trinajstić information content (AvgIpc) is 2.31. The molecule has 0 aliphatic rings. The van der Waals surface area contributed by atoms with Crippen LogP contribution >= 0.6 is 0 Å². The highest BCUT2D eigenvalue weighted by Crippen LogP contribution is 2.04. The highest BCUT2D eigenvalue weighted by molar-refractivity contribution is 5.84. The Hall–Kier alpha value is -2.17. The van der Waals surface area contributed by atoms with E-state index in [9.17, 15) is 9.59 Å². The molecule has 0 spiro atoms. The van der Waals surface area contributed by atoms with Gasteiger partial charge in [-0.05, 0) is 25.0 Å². The lowest BCUT2D eigenvalue weighted by Crippen LogP contribution is -2.41. The smallest absolute Gasteiger partial charge is 0.326 e. The Morgan fingerprint density at radius 2 is 2.33 bits per heavy atom. The van der Waals surface area contributed by atoms with Gasteiger partial charge in [0.1, 0.15) is 6.04 Å². The molecule has 1 aromatic rings. The van der Waals surface area contributed by atoms with E-state index in [2.05, 4.69) is 16.9 Å². The zero-order valence-corrected chi connectivity index (χ0v) is 10.2. The second-order valence-corrected chi connectivity index (χ2v) is 3.93. The Kier molecular flexibility index (Phi) is 5.05. The molecule has 0 saturated heterocycles. The number of pyridine rings is 1. The Balaban J connectivity index is 2.63. The van der Waals surface area contributed by atoms with Gasteiger partial charge in [-0.25, -0.2) is 4.79 Å². The van der Waals surface area contributed by atoms with Crippen molar-refractivity contribution in [3.05, 3.63) is 42.2 Å². The summed E-state index contributed by atoms with van der Waals surface area (Å²) < 4.78 is 0. The molecule has 96 valence electrons. The van der Waals surface area contributed by atoms with Crippen LogP contribution in [0.25, 0.3) is 0 Å². The van der Waals surface area contributed by atoms with Crippen LogP contribution in [0.1, 0.15) is 17.7 Å². The Morgan fingerprint density at radius 3 is 2.89 bits per heavy atom. The SMILES string of the molecule is C=CCC(NC(=O)Cc1ncccc1C)C(=O)O. The van der Waals surface area contributed by atoms with Crippen molar-refractivity contribution < 1.29 is 14.7 Å². The summed E-state index contributed by atoms with van der Waals surface area (Å²) in [5.41, 5.74) is 1.56. The molecule has 18 heavy (non-hydrogen) atoms. The number of carboxylic acid groups (broad SMARTS) is 1. The summed E-state index contributed by atoms with van der Waals surface area (Å²) >= 11 is 0. The quantitative estimate of drug-likeness (QED) is 0.738. The Bertz CT molecular complexity index is 457. The lowest BCUT2D eigenvalue weighted by molar-refractivity contribution is -0.141. The minimum Gasteiger partial charge on any atom is -0.480 e. The van der Waals surface area contributed by atoms with E-state index >= 15 is 0 Å². The number of aryl methyl sites for hydroxylation is 1. The van der Waals surface area contributed by atoms with Crippen LogP contribution in [0.2, 0.25) is 0 Å². The van der Waals surface area contributed by atoms with Gasteiger partial charge in [0.25, 0.3) is 0 Å². The number of aromatic nitrogens is 1. The molecule has 1 rings (SSSR count). The van der Waals surface area contributed by atoms with Gasteiger partial charge in [-0.1, -0.05) is 12.1 Å². The highest BCUT2D eigenvalue weighted by Gasteiger charge is 2.18. The lowest BCUT2D eigenvalue weighted by atomic mass is 10.1. The van der Waals surface area contributed by atoms with Crippen molar-refractivity contribution in [2.75, 3.05) is 0 Å². The topological polar surface area (TPSA) is 79.3 Å². The third kappa shape index (κ3) is 4.01. The van der Waals surface area contributed by atoms with E-state index in [0.29, 0.717) is 5.69 Å². The molecule has 2 N–H and O–H groups in total. The monoisotopic (exact) mass is 248 g/mol. The number of carbonyl (C=O) groups excluding carboxylic acids is 1. The summed E-state index contributed by atoms with van der Waals surface area (Å²) in [5, 5.41) is 11.3. The summed E-state index contributed by atoms with van der Waals surface area (Å²) in [6.07, 6.45) is 3.34. The van der Waals surface area contributed by atoms with Crippen LogP contribution in [-0.4, -0.2) is 28.0 Å². The van der Waals surface area contributed by atoms with Gasteiger partial charge in [-0.15, -0.1) is 6.58 Å². The van der Waals surface area contributed by atoms with Crippen LogP contribution in [0.4, 0.5) is 0 Å². The molecule has 1 heterocycles. The van der Waals surface area contributed by atoms with Crippen molar-refractivity contribution in [2.45, 2.75) is 25.8 Å². The zero-order valence-electron chi connectivity index (χ0n) is 10.2. The highest BCUT2D eigenvalue weighted by atomic mass is 16.4. The second-order valence-electron chi connectivity index (χ2n) is 3.93. The van der Waals surface area contributed by atoms with Gasteiger partial charge in [0.2, 0.25) is 5.91 Å². The van der Waals surface area contributed by atoms with Crippen molar-refractivity contribution in [3.63, 3.8) is 0 Å². The first-order valence-electron chi connectivity index (χ1n) is 5.58. The molecule has 1 aromatic heterocycles. The fourth-order valence-electron chi connectivity index (χ4n) is 1.49. The van der Waals surface area contributed by atoms with Crippen molar-refractivity contribution in [3.8, 4) is 0 Å². The molecular formula is C13H16N2O3. The number of aliphatic carboxylic acids is 1. The summed E-state index contributed by atoms with van der Waals surface area (Å²) in [4.78, 5) is 26.7. The van der Waals surface area contributed by atoms with Crippen molar-refractivity contribution in [2.24, 2.45) is 0 Å². The molecule has 0 bridgehead atoms. The summed E-state index contributed by atoms with van der Waals surface area (Å²) in [7, 11) is 0. The van der Waals surface area contributed by atoms with E-state index < -0.39 is 12.0 Å². The molecule has 5 heteroatoms. The maximum atomic E-state index is 11.7. The number of rotatable bonds is 6. The van der Waals surface area contributed by atoms with Gasteiger partial charge in [0.15, 0.2) is 0 Å². The van der Waals surface area contributed by atoms with Crippen molar-refractivity contribution in [1.82, 2.24) is 10.3 Å². The predicted molar refractivity (Wildman–Crippen MR) is 67.1 cm³/mol. The first-order chi connectivity index (χ1) is 8.54. The predicted octanol–water partition coefficient (Wildman–Crippen LogP) is 1.08. The molecule has 0 aromatic carbocycles. The second kappa shape index (κ2) is 6.54. The standard InChI is InChI=1S/C13H16N2O3/c1-3-5-10(13(17)18)15-12(16)8-11-9(2)6-4-7-14-11/h3-4,6-7,10H,1,5,8H2,2H3,(H,15,16)(H,17,18). The van der Waals surface area contributed by atoms with E-state index in [1.807, 2.05) is 13.0 Å². The van der Waals surface area contributed by atoms with Gasteiger partial charge < -0.3 is 10.4 Å². The number of hydrogen-bond donors (Lipinski definition) is 2. The number of nitrogens with zero attached hydrogens (tertiary/aromatic N) is 1. The molecule has 0 aliphatic heterocycles. The number of hydrogen-bond acceptors (Lipinski definition) is 3. The molecule has 0 saturated carbocycles. The molecular weight excluding hydrogens is 232 g/mol. The molecule has 1 amide bonds. The van der Waals surface area contributed by atoms with Crippen LogP contribution < -0.4 is 5.32 Å². The van der Waals surface area contributed by atoms with Gasteiger partial charge in [-0.3, -0.25) is 9.78 Å². The Labute approximate surface area is 106 Å². The number of nitrogens with one attached hydrogen (secondary N) is 1. The fourth-order valence-corrected chi connectivity index (χ4v) is 1.49. The van der Waals surface area contributed by atoms with Gasteiger partial charge >= 0.3 is 5.97 Å². The van der Waals surface area contributed by atoms with E-state index in [1.165, 1.54) is 6.08 Å². The minimum absolute atomic E-state index is 0.0770. The summed E-state index contributed by atoms with van der Waals surface area (Å²) in [6, 6.07) is 2.71. The van der Waals surface area contributed by atoms with Gasteiger partial charge in [-0.2, -0.15) is 0 Å². The van der Waals surface area contributed by atoms with Crippen molar-refractivity contribution in [1.29, 1.82) is 0 Å². The third-order valence-corrected chi connectivity index (χ3v) is 2.48. The van der Waals surface area contributed by atoms with Crippen molar-refractivity contribution >= 4 is 11.9 Å². The maximum absolute atomic E-state index is 11.7. The molecule has 0 aliphatic carbocycles. The fraction of sp³-hybridized carbons (Fsp3) is 0.308. The first-order valence-corrected chi connectivity index (χ1v) is 5.58. The van der Waals surface area contributed by atoms with Crippen LogP contribution in [0.15, 0.2) is 31.0 Å². The Morgan fingerprint density at radius 1 is 1.61 bits per heavy atom. The van der Waals surface area contributed by atoms with E-state index in [4.69, 9.17) is 5.11 Å². The van der Waals surface area contributed by atoms with E-state index in [0.717, 1.165) is 5.56 Å². The number of carbonyl (C=O) groups is 2. The van der Waals surface area contributed by atoms with E-state index in [1.54, 1.807) is 12.3 Å². The summed E-state index contributed by atoms with van der Waals surface area (Å²) in [6.45, 7) is 5.32. The molecule has 0 fully saturated rings. The van der Waals surface area contributed by atoms with Gasteiger partial charge in [0, 0.05) is 6.20 Å². The van der Waals surface area contributed by atoms with E-state index in [-0.39, 0.29) is 18.7 Å². The van der Waals surface area contributed by atoms with Crippen LogP contribution in [0.3, 0.4) is 0 Å². The number of carboxylic acids is 1. The maximum Gasteiger partial charge on any atom is 0.326 e. The first kappa shape index (κ1) is 13.9. The lowest BCUT2D eigenvalue weighted by Gasteiger charge is -2.12. The number of amides is 1. The third-order valence-electron chi connectivity index (χ3n) is 2.48. The van der Waals surface area contributed by atoms with Crippen LogP contribution in [-0.2, 0) is 16.0 Å². The molecule has 5 nitrogen and oxygen atoms in total. The van der Waals surface area contributed by atoms with Crippen LogP contribution in [0, 0.1) is 6.92 Å². The molecule has 1 atom stereocenters. The largest absolute Gasteiger partial charge is 0.480 e.